The van der Waals surface area contributed by atoms with Crippen molar-refractivity contribution in [2.75, 3.05) is 24.5 Å². The first-order valence-electron chi connectivity index (χ1n) is 14.7. The van der Waals surface area contributed by atoms with Gasteiger partial charge < -0.3 is 15.5 Å². The van der Waals surface area contributed by atoms with Gasteiger partial charge in [0.15, 0.2) is 5.65 Å². The summed E-state index contributed by atoms with van der Waals surface area (Å²) in [5, 5.41) is 13.4. The van der Waals surface area contributed by atoms with Crippen LogP contribution >= 0.6 is 0 Å². The molecule has 2 fully saturated rings. The number of nitrogens with zero attached hydrogens (tertiary/aromatic N) is 8. The summed E-state index contributed by atoms with van der Waals surface area (Å²) in [6, 6.07) is 17.1. The summed E-state index contributed by atoms with van der Waals surface area (Å²) in [6.07, 6.45) is 4.49. The summed E-state index contributed by atoms with van der Waals surface area (Å²) < 4.78 is 17.2. The van der Waals surface area contributed by atoms with Crippen molar-refractivity contribution < 1.29 is 9.18 Å². The Morgan fingerprint density at radius 2 is 1.86 bits per heavy atom. The number of aryl methyl sites for hydroxylation is 1. The maximum Gasteiger partial charge on any atom is 0.273 e. The third kappa shape index (κ3) is 4.21. The molecule has 5 aromatic rings. The third-order valence-electron chi connectivity index (χ3n) is 9.40. The molecule has 10 nitrogen and oxygen atoms in total. The minimum Gasteiger partial charge on any atom is -0.370 e. The summed E-state index contributed by atoms with van der Waals surface area (Å²) in [4.78, 5) is 24.2. The molecule has 2 aromatic carbocycles. The SMILES string of the molecule is C[C@@H]1c2ccccc2CCN1C(=O)c1cc(-c2cnn(C)n2)n2nc(-c3ccc(N4CC5(CC(N)C5)C4)cc3F)cc2n1. The van der Waals surface area contributed by atoms with Crippen LogP contribution in [0.5, 0.6) is 0 Å². The first-order valence-corrected chi connectivity index (χ1v) is 14.7. The molecule has 3 aromatic heterocycles. The molecule has 3 aliphatic rings. The van der Waals surface area contributed by atoms with Crippen LogP contribution in [0.25, 0.3) is 28.3 Å². The van der Waals surface area contributed by atoms with Gasteiger partial charge in [-0.3, -0.25) is 4.79 Å². The van der Waals surface area contributed by atoms with Gasteiger partial charge in [0.25, 0.3) is 5.91 Å². The van der Waals surface area contributed by atoms with E-state index in [2.05, 4.69) is 27.2 Å². The molecule has 218 valence electrons. The van der Waals surface area contributed by atoms with Gasteiger partial charge in [0, 0.05) is 55.5 Å². The molecule has 1 atom stereocenters. The van der Waals surface area contributed by atoms with Gasteiger partial charge in [0.05, 0.1) is 23.6 Å². The zero-order chi connectivity index (χ0) is 29.5. The van der Waals surface area contributed by atoms with Gasteiger partial charge in [-0.25, -0.2) is 13.9 Å². The number of hydrogen-bond donors (Lipinski definition) is 1. The van der Waals surface area contributed by atoms with Crippen molar-refractivity contribution in [3.8, 4) is 22.6 Å². The smallest absolute Gasteiger partial charge is 0.273 e. The van der Waals surface area contributed by atoms with Crippen LogP contribution < -0.4 is 10.6 Å². The van der Waals surface area contributed by atoms with E-state index in [9.17, 15) is 4.79 Å². The van der Waals surface area contributed by atoms with Gasteiger partial charge in [-0.1, -0.05) is 24.3 Å². The standard InChI is InChI=1S/C32H32FN9O/c1-19-23-6-4-3-5-20(23)9-10-41(19)31(43)27-12-29(28-16-35-39(2)37-28)42-30(36-27)13-26(38-42)24-8-7-22(11-25(24)33)40-17-32(18-40)14-21(34)15-32/h3-8,11-13,16,19,21H,9-10,14-15,17-18,34H2,1-2H3/t19-/m1/s1. The van der Waals surface area contributed by atoms with E-state index in [4.69, 9.17) is 15.8 Å². The molecule has 0 radical (unpaired) electrons. The number of aromatic nitrogens is 6. The number of hydrogen-bond acceptors (Lipinski definition) is 7. The number of halogens is 1. The van der Waals surface area contributed by atoms with Crippen LogP contribution in [0.1, 0.15) is 47.4 Å². The molecule has 1 saturated heterocycles. The average Bonchev–Trinajstić information content (AvgIpc) is 3.60. The molecule has 8 rings (SSSR count). The summed E-state index contributed by atoms with van der Waals surface area (Å²) in [7, 11) is 1.73. The van der Waals surface area contributed by atoms with Gasteiger partial charge in [-0.15, -0.1) is 0 Å². The Balaban J connectivity index is 1.15. The van der Waals surface area contributed by atoms with Gasteiger partial charge >= 0.3 is 0 Å². The highest BCUT2D eigenvalue weighted by Gasteiger charge is 2.51. The second-order valence-electron chi connectivity index (χ2n) is 12.4. The topological polar surface area (TPSA) is 110 Å². The highest BCUT2D eigenvalue weighted by Crippen LogP contribution is 2.49. The molecule has 1 saturated carbocycles. The Morgan fingerprint density at radius 3 is 2.60 bits per heavy atom. The average molecular weight is 578 g/mol. The number of carbonyl (C=O) groups is 1. The number of benzene rings is 2. The van der Waals surface area contributed by atoms with E-state index in [1.807, 2.05) is 30.0 Å². The van der Waals surface area contributed by atoms with E-state index >= 15 is 4.39 Å². The lowest BCUT2D eigenvalue weighted by molar-refractivity contribution is 0.0663. The molecule has 1 amide bonds. The lowest BCUT2D eigenvalue weighted by Crippen LogP contribution is -2.65. The van der Waals surface area contributed by atoms with Crippen molar-refractivity contribution in [2.45, 2.75) is 38.3 Å². The fraction of sp³-hybridized carbons (Fsp3) is 0.344. The lowest BCUT2D eigenvalue weighted by Gasteiger charge is -2.59. The Kier molecular flexibility index (Phi) is 5.71. The van der Waals surface area contributed by atoms with Crippen molar-refractivity contribution in [3.05, 3.63) is 83.4 Å². The molecular weight excluding hydrogens is 545 g/mol. The van der Waals surface area contributed by atoms with Gasteiger partial charge in [0.1, 0.15) is 17.2 Å². The number of rotatable bonds is 4. The molecule has 1 spiro atoms. The van der Waals surface area contributed by atoms with Gasteiger partial charge in [-0.05, 0) is 61.6 Å². The summed E-state index contributed by atoms with van der Waals surface area (Å²) in [5.74, 6) is -0.530. The molecule has 1 aliphatic carbocycles. The number of nitrogens with two attached hydrogens (primary N) is 1. The Morgan fingerprint density at radius 1 is 1.05 bits per heavy atom. The first kappa shape index (κ1) is 26.0. The lowest BCUT2D eigenvalue weighted by atomic mass is 9.61. The number of carbonyl (C=O) groups excluding carboxylic acids is 1. The van der Waals surface area contributed by atoms with E-state index < -0.39 is 0 Å². The van der Waals surface area contributed by atoms with Crippen LogP contribution in [0.3, 0.4) is 0 Å². The molecule has 0 bridgehead atoms. The van der Waals surface area contributed by atoms with E-state index in [1.54, 1.807) is 42.0 Å². The van der Waals surface area contributed by atoms with Crippen LogP contribution in [0.2, 0.25) is 0 Å². The summed E-state index contributed by atoms with van der Waals surface area (Å²) >= 11 is 0. The maximum atomic E-state index is 15.6. The fourth-order valence-corrected chi connectivity index (χ4v) is 7.22. The predicted octanol–water partition coefficient (Wildman–Crippen LogP) is 4.02. The van der Waals surface area contributed by atoms with Crippen LogP contribution in [0.15, 0.2) is 60.8 Å². The zero-order valence-corrected chi connectivity index (χ0v) is 24.1. The Labute approximate surface area is 247 Å². The normalized spacial score (nSPS) is 19.4. The van der Waals surface area contributed by atoms with E-state index in [1.165, 1.54) is 10.4 Å². The highest BCUT2D eigenvalue weighted by atomic mass is 19.1. The maximum absolute atomic E-state index is 15.6. The zero-order valence-electron chi connectivity index (χ0n) is 24.1. The highest BCUT2D eigenvalue weighted by molar-refractivity contribution is 5.94. The monoisotopic (exact) mass is 577 g/mol. The number of fused-ring (bicyclic) bond motifs is 2. The quantitative estimate of drug-likeness (QED) is 0.344. The van der Waals surface area contributed by atoms with E-state index in [-0.39, 0.29) is 23.5 Å². The van der Waals surface area contributed by atoms with E-state index in [0.717, 1.165) is 43.6 Å². The van der Waals surface area contributed by atoms with Crippen molar-refractivity contribution in [1.29, 1.82) is 0 Å². The summed E-state index contributed by atoms with van der Waals surface area (Å²) in [5.41, 5.74) is 12.2. The van der Waals surface area contributed by atoms with Crippen molar-refractivity contribution in [1.82, 2.24) is 34.5 Å². The van der Waals surface area contributed by atoms with Crippen molar-refractivity contribution >= 4 is 17.2 Å². The second kappa shape index (κ2) is 9.43. The molecular formula is C32H32FN9O. The minimum absolute atomic E-state index is 0.0918. The molecule has 11 heteroatoms. The summed E-state index contributed by atoms with van der Waals surface area (Å²) in [6.45, 7) is 4.47. The largest absolute Gasteiger partial charge is 0.370 e. The minimum atomic E-state index is -0.356. The molecule has 43 heavy (non-hydrogen) atoms. The molecule has 0 unspecified atom stereocenters. The first-order chi connectivity index (χ1) is 20.8. The van der Waals surface area contributed by atoms with Crippen LogP contribution in [0.4, 0.5) is 10.1 Å². The van der Waals surface area contributed by atoms with Crippen LogP contribution in [-0.4, -0.2) is 66.1 Å². The molecule has 2 aliphatic heterocycles. The van der Waals surface area contributed by atoms with Crippen molar-refractivity contribution in [3.63, 3.8) is 0 Å². The Hall–Kier alpha value is -4.64. The molecule has 2 N–H and O–H groups in total. The fourth-order valence-electron chi connectivity index (χ4n) is 7.22. The van der Waals surface area contributed by atoms with Gasteiger partial charge in [-0.2, -0.15) is 20.1 Å². The Bertz CT molecular complexity index is 1900. The van der Waals surface area contributed by atoms with Crippen LogP contribution in [-0.2, 0) is 13.5 Å². The van der Waals surface area contributed by atoms with Crippen molar-refractivity contribution in [2.24, 2.45) is 18.2 Å². The second-order valence-corrected chi connectivity index (χ2v) is 12.4. The van der Waals surface area contributed by atoms with Crippen LogP contribution in [0, 0.1) is 11.2 Å². The number of amides is 1. The molecule has 5 heterocycles. The van der Waals surface area contributed by atoms with E-state index in [0.29, 0.717) is 46.3 Å². The third-order valence-corrected chi connectivity index (χ3v) is 9.40. The van der Waals surface area contributed by atoms with Gasteiger partial charge in [0.2, 0.25) is 0 Å². The predicted molar refractivity (Wildman–Crippen MR) is 160 cm³/mol. The number of anilines is 1.